The molecular weight excluding hydrogens is 366 g/mol. The summed E-state index contributed by atoms with van der Waals surface area (Å²) in [5.41, 5.74) is 0.863. The minimum Gasteiger partial charge on any atom is -0.497 e. The van der Waals surface area contributed by atoms with Crippen molar-refractivity contribution in [3.8, 4) is 5.75 Å². The molecule has 0 unspecified atom stereocenters. The number of ether oxygens (including phenoxy) is 1. The number of amides is 1. The van der Waals surface area contributed by atoms with Crippen molar-refractivity contribution in [2.24, 2.45) is 0 Å². The van der Waals surface area contributed by atoms with E-state index in [0.717, 1.165) is 17.7 Å². The zero-order valence-electron chi connectivity index (χ0n) is 14.0. The topological polar surface area (TPSA) is 84.5 Å². The summed E-state index contributed by atoms with van der Waals surface area (Å²) in [6, 6.07) is 9.38. The van der Waals surface area contributed by atoms with E-state index in [1.807, 2.05) is 0 Å². The molecule has 0 heterocycles. The van der Waals surface area contributed by atoms with Gasteiger partial charge in [-0.3, -0.25) is 4.79 Å². The van der Waals surface area contributed by atoms with Gasteiger partial charge in [0.2, 0.25) is 15.9 Å². The van der Waals surface area contributed by atoms with Gasteiger partial charge in [0.25, 0.3) is 0 Å². The number of nitrogens with one attached hydrogen (secondary N) is 2. The molecule has 140 valence electrons. The Morgan fingerprint density at radius 1 is 1.08 bits per heavy atom. The van der Waals surface area contributed by atoms with E-state index in [0.29, 0.717) is 18.4 Å². The van der Waals surface area contributed by atoms with Gasteiger partial charge < -0.3 is 10.1 Å². The van der Waals surface area contributed by atoms with Crippen molar-refractivity contribution in [1.82, 2.24) is 10.0 Å². The summed E-state index contributed by atoms with van der Waals surface area (Å²) < 4.78 is 57.1. The molecule has 0 aromatic heterocycles. The fraction of sp³-hybridized carbons (Fsp3) is 0.235. The summed E-state index contributed by atoms with van der Waals surface area (Å²) in [6.07, 6.45) is -0.0982. The molecule has 2 rings (SSSR count). The van der Waals surface area contributed by atoms with Crippen LogP contribution in [0.15, 0.2) is 47.4 Å². The highest BCUT2D eigenvalue weighted by atomic mass is 32.2. The number of rotatable bonds is 8. The van der Waals surface area contributed by atoms with Crippen LogP contribution in [0.1, 0.15) is 12.0 Å². The lowest BCUT2D eigenvalue weighted by Crippen LogP contribution is -2.30. The predicted octanol–water partition coefficient (Wildman–Crippen LogP) is 1.96. The molecule has 2 aromatic rings. The summed E-state index contributed by atoms with van der Waals surface area (Å²) >= 11 is 0. The second-order valence-corrected chi connectivity index (χ2v) is 7.12. The molecule has 6 nitrogen and oxygen atoms in total. The Hall–Kier alpha value is -2.52. The number of hydrogen-bond acceptors (Lipinski definition) is 4. The minimum atomic E-state index is -4.02. The highest BCUT2D eigenvalue weighted by Crippen LogP contribution is 2.13. The van der Waals surface area contributed by atoms with Gasteiger partial charge in [0, 0.05) is 19.5 Å². The normalized spacial score (nSPS) is 11.2. The fourth-order valence-corrected chi connectivity index (χ4v) is 3.10. The minimum absolute atomic E-state index is 0.0982. The zero-order chi connectivity index (χ0) is 19.2. The molecule has 2 aromatic carbocycles. The summed E-state index contributed by atoms with van der Waals surface area (Å²) in [5, 5.41) is 2.65. The molecular formula is C17H18F2N2O4S. The number of hydrogen-bond donors (Lipinski definition) is 2. The summed E-state index contributed by atoms with van der Waals surface area (Å²) in [7, 11) is -2.47. The SMILES string of the molecule is COc1ccc(CNC(=O)CCNS(=O)(=O)c2ccc(F)c(F)c2)cc1. The molecule has 0 radical (unpaired) electrons. The molecule has 0 bridgehead atoms. The van der Waals surface area contributed by atoms with E-state index >= 15 is 0 Å². The number of benzene rings is 2. The maximum Gasteiger partial charge on any atom is 0.240 e. The van der Waals surface area contributed by atoms with E-state index in [1.165, 1.54) is 0 Å². The van der Waals surface area contributed by atoms with Crippen LogP contribution < -0.4 is 14.8 Å². The maximum atomic E-state index is 13.1. The van der Waals surface area contributed by atoms with Crippen molar-refractivity contribution in [3.63, 3.8) is 0 Å². The smallest absolute Gasteiger partial charge is 0.240 e. The summed E-state index contributed by atoms with van der Waals surface area (Å²) in [5.74, 6) is -2.05. The molecule has 0 aliphatic rings. The molecule has 26 heavy (non-hydrogen) atoms. The highest BCUT2D eigenvalue weighted by molar-refractivity contribution is 7.89. The Bertz CT molecular complexity index is 871. The van der Waals surface area contributed by atoms with Gasteiger partial charge in [0.15, 0.2) is 11.6 Å². The number of sulfonamides is 1. The van der Waals surface area contributed by atoms with Gasteiger partial charge in [-0.1, -0.05) is 12.1 Å². The largest absolute Gasteiger partial charge is 0.497 e. The van der Waals surface area contributed by atoms with E-state index in [4.69, 9.17) is 4.74 Å². The average molecular weight is 384 g/mol. The van der Waals surface area contributed by atoms with Gasteiger partial charge in [0.1, 0.15) is 5.75 Å². The third kappa shape index (κ3) is 5.50. The van der Waals surface area contributed by atoms with E-state index in [1.54, 1.807) is 31.4 Å². The van der Waals surface area contributed by atoms with Gasteiger partial charge in [-0.25, -0.2) is 21.9 Å². The molecule has 0 aliphatic carbocycles. The molecule has 0 aliphatic heterocycles. The second-order valence-electron chi connectivity index (χ2n) is 5.35. The van der Waals surface area contributed by atoms with Crippen LogP contribution in [0.5, 0.6) is 5.75 Å². The zero-order valence-corrected chi connectivity index (χ0v) is 14.8. The van der Waals surface area contributed by atoms with Gasteiger partial charge in [-0.2, -0.15) is 0 Å². The fourth-order valence-electron chi connectivity index (χ4n) is 2.06. The van der Waals surface area contributed by atoms with Crippen LogP contribution in [-0.4, -0.2) is 28.0 Å². The second kappa shape index (κ2) is 8.72. The van der Waals surface area contributed by atoms with Gasteiger partial charge in [0.05, 0.1) is 12.0 Å². The number of methoxy groups -OCH3 is 1. The van der Waals surface area contributed by atoms with Gasteiger partial charge in [-0.05, 0) is 35.9 Å². The molecule has 0 saturated carbocycles. The first-order chi connectivity index (χ1) is 12.3. The Kier molecular flexibility index (Phi) is 6.64. The van der Waals surface area contributed by atoms with Crippen LogP contribution in [-0.2, 0) is 21.4 Å². The van der Waals surface area contributed by atoms with Crippen molar-refractivity contribution in [3.05, 3.63) is 59.7 Å². The summed E-state index contributed by atoms with van der Waals surface area (Å²) in [4.78, 5) is 11.4. The molecule has 2 N–H and O–H groups in total. The number of carbonyl (C=O) groups excluding carboxylic acids is 1. The maximum absolute atomic E-state index is 13.1. The first-order valence-electron chi connectivity index (χ1n) is 7.66. The quantitative estimate of drug-likeness (QED) is 0.729. The van der Waals surface area contributed by atoms with Crippen molar-refractivity contribution in [2.75, 3.05) is 13.7 Å². The molecule has 0 fully saturated rings. The first-order valence-corrected chi connectivity index (χ1v) is 9.14. The van der Waals surface area contributed by atoms with Crippen LogP contribution in [0.3, 0.4) is 0 Å². The Morgan fingerprint density at radius 3 is 2.38 bits per heavy atom. The molecule has 1 amide bonds. The van der Waals surface area contributed by atoms with Crippen molar-refractivity contribution >= 4 is 15.9 Å². The van der Waals surface area contributed by atoms with E-state index in [9.17, 15) is 22.0 Å². The average Bonchev–Trinajstić information content (AvgIpc) is 2.62. The van der Waals surface area contributed by atoms with Crippen LogP contribution >= 0.6 is 0 Å². The number of carbonyl (C=O) groups is 1. The lowest BCUT2D eigenvalue weighted by Gasteiger charge is -2.08. The third-order valence-corrected chi connectivity index (χ3v) is 4.95. The third-order valence-electron chi connectivity index (χ3n) is 3.49. The molecule has 0 atom stereocenters. The van der Waals surface area contributed by atoms with E-state index in [2.05, 4.69) is 10.0 Å². The van der Waals surface area contributed by atoms with E-state index < -0.39 is 26.6 Å². The van der Waals surface area contributed by atoms with Gasteiger partial charge in [-0.15, -0.1) is 0 Å². The van der Waals surface area contributed by atoms with Crippen LogP contribution in [0.4, 0.5) is 8.78 Å². The van der Waals surface area contributed by atoms with Crippen LogP contribution in [0.2, 0.25) is 0 Å². The van der Waals surface area contributed by atoms with Crippen molar-refractivity contribution in [1.29, 1.82) is 0 Å². The van der Waals surface area contributed by atoms with Crippen molar-refractivity contribution < 1.29 is 26.7 Å². The predicted molar refractivity (Wildman–Crippen MR) is 91.0 cm³/mol. The monoisotopic (exact) mass is 384 g/mol. The van der Waals surface area contributed by atoms with Crippen LogP contribution in [0.25, 0.3) is 0 Å². The first kappa shape index (κ1) is 19.8. The summed E-state index contributed by atoms with van der Waals surface area (Å²) in [6.45, 7) is 0.120. The van der Waals surface area contributed by atoms with Crippen molar-refractivity contribution in [2.45, 2.75) is 17.9 Å². The van der Waals surface area contributed by atoms with Gasteiger partial charge >= 0.3 is 0 Å². The lowest BCUT2D eigenvalue weighted by atomic mass is 10.2. The molecule has 0 spiro atoms. The Labute approximate surface area is 150 Å². The lowest BCUT2D eigenvalue weighted by molar-refractivity contribution is -0.121. The molecule has 0 saturated heterocycles. The standard InChI is InChI=1S/C17H18F2N2O4S/c1-25-13-4-2-12(3-5-13)11-20-17(22)8-9-21-26(23,24)14-6-7-15(18)16(19)10-14/h2-7,10,21H,8-9,11H2,1H3,(H,20,22). The van der Waals surface area contributed by atoms with E-state index in [-0.39, 0.29) is 18.9 Å². The number of halogens is 2. The molecule has 9 heteroatoms. The Balaban J connectivity index is 1.80. The highest BCUT2D eigenvalue weighted by Gasteiger charge is 2.16. The Morgan fingerprint density at radius 2 is 1.77 bits per heavy atom. The van der Waals surface area contributed by atoms with Crippen LogP contribution in [0, 0.1) is 11.6 Å².